The van der Waals surface area contributed by atoms with Crippen LogP contribution in [-0.4, -0.2) is 23.5 Å². The van der Waals surface area contributed by atoms with Gasteiger partial charge in [-0.1, -0.05) is 23.2 Å². The SMILES string of the molecule is NCC(O)C(=O)c1ccc(Cl)c(Cl)c1. The van der Waals surface area contributed by atoms with E-state index in [2.05, 4.69) is 0 Å². The highest BCUT2D eigenvalue weighted by atomic mass is 35.5. The Morgan fingerprint density at radius 2 is 2.07 bits per heavy atom. The maximum Gasteiger partial charge on any atom is 0.192 e. The summed E-state index contributed by atoms with van der Waals surface area (Å²) in [6.07, 6.45) is -1.19. The molecule has 3 nitrogen and oxygen atoms in total. The van der Waals surface area contributed by atoms with Crippen LogP contribution in [0.4, 0.5) is 0 Å². The van der Waals surface area contributed by atoms with Crippen LogP contribution in [0, 0.1) is 0 Å². The predicted octanol–water partition coefficient (Wildman–Crippen LogP) is 1.50. The molecule has 0 aliphatic rings. The van der Waals surface area contributed by atoms with Crippen molar-refractivity contribution in [3.8, 4) is 0 Å². The number of rotatable bonds is 3. The highest BCUT2D eigenvalue weighted by Gasteiger charge is 2.15. The van der Waals surface area contributed by atoms with E-state index in [9.17, 15) is 9.90 Å². The minimum atomic E-state index is -1.19. The van der Waals surface area contributed by atoms with Gasteiger partial charge in [0.15, 0.2) is 5.78 Å². The Hall–Kier alpha value is -0.610. The zero-order chi connectivity index (χ0) is 10.7. The first kappa shape index (κ1) is 11.5. The number of aliphatic hydroxyl groups excluding tert-OH is 1. The van der Waals surface area contributed by atoms with Gasteiger partial charge in [-0.3, -0.25) is 4.79 Å². The van der Waals surface area contributed by atoms with E-state index in [1.807, 2.05) is 0 Å². The van der Waals surface area contributed by atoms with Crippen LogP contribution in [0.3, 0.4) is 0 Å². The first-order chi connectivity index (χ1) is 6.56. The molecule has 0 aromatic heterocycles. The molecule has 0 heterocycles. The number of aliphatic hydroxyl groups is 1. The number of benzene rings is 1. The lowest BCUT2D eigenvalue weighted by Crippen LogP contribution is -2.29. The van der Waals surface area contributed by atoms with Crippen LogP contribution < -0.4 is 5.73 Å². The molecule has 0 aliphatic heterocycles. The molecule has 0 radical (unpaired) electrons. The normalized spacial score (nSPS) is 12.6. The standard InChI is InChI=1S/C9H9Cl2NO2/c10-6-2-1-5(3-7(6)11)9(14)8(13)4-12/h1-3,8,13H,4,12H2. The van der Waals surface area contributed by atoms with Crippen LogP contribution in [0.15, 0.2) is 18.2 Å². The van der Waals surface area contributed by atoms with Crippen LogP contribution in [0.5, 0.6) is 0 Å². The summed E-state index contributed by atoms with van der Waals surface area (Å²) in [5.74, 6) is -0.453. The summed E-state index contributed by atoms with van der Waals surface area (Å²) in [5.41, 5.74) is 5.45. The van der Waals surface area contributed by atoms with Gasteiger partial charge in [0.05, 0.1) is 10.0 Å². The molecule has 0 aliphatic carbocycles. The third-order valence-corrected chi connectivity index (χ3v) is 2.47. The molecule has 1 aromatic carbocycles. The van der Waals surface area contributed by atoms with Crippen LogP contribution in [0.2, 0.25) is 10.0 Å². The molecule has 0 amide bonds. The van der Waals surface area contributed by atoms with Crippen molar-refractivity contribution in [1.82, 2.24) is 0 Å². The predicted molar refractivity (Wildman–Crippen MR) is 55.9 cm³/mol. The second-order valence-electron chi connectivity index (χ2n) is 2.74. The molecule has 1 aromatic rings. The van der Waals surface area contributed by atoms with Gasteiger partial charge >= 0.3 is 0 Å². The number of carbonyl (C=O) groups is 1. The van der Waals surface area contributed by atoms with Gasteiger partial charge in [0, 0.05) is 12.1 Å². The molecule has 0 saturated carbocycles. The summed E-state index contributed by atoms with van der Waals surface area (Å²) in [6.45, 7) is -0.112. The third-order valence-electron chi connectivity index (χ3n) is 1.73. The molecular weight excluding hydrogens is 225 g/mol. The topological polar surface area (TPSA) is 63.3 Å². The highest BCUT2D eigenvalue weighted by Crippen LogP contribution is 2.23. The Labute approximate surface area is 91.4 Å². The third kappa shape index (κ3) is 2.45. The van der Waals surface area contributed by atoms with Crippen LogP contribution >= 0.6 is 23.2 Å². The lowest BCUT2D eigenvalue weighted by Gasteiger charge is -2.06. The molecule has 14 heavy (non-hydrogen) atoms. The molecule has 0 fully saturated rings. The Kier molecular flexibility index (Phi) is 3.89. The van der Waals surface area contributed by atoms with Gasteiger partial charge in [-0.25, -0.2) is 0 Å². The van der Waals surface area contributed by atoms with Gasteiger partial charge in [-0.05, 0) is 18.2 Å². The van der Waals surface area contributed by atoms with Crippen molar-refractivity contribution in [2.45, 2.75) is 6.10 Å². The maximum absolute atomic E-state index is 11.4. The van der Waals surface area contributed by atoms with E-state index in [1.54, 1.807) is 0 Å². The molecule has 5 heteroatoms. The smallest absolute Gasteiger partial charge is 0.192 e. The Morgan fingerprint density at radius 3 is 2.57 bits per heavy atom. The fraction of sp³-hybridized carbons (Fsp3) is 0.222. The number of halogens is 2. The summed E-state index contributed by atoms with van der Waals surface area (Å²) in [6, 6.07) is 4.40. The zero-order valence-electron chi connectivity index (χ0n) is 7.21. The molecule has 3 N–H and O–H groups in total. The van der Waals surface area contributed by atoms with Crippen LogP contribution in [0.25, 0.3) is 0 Å². The van der Waals surface area contributed by atoms with E-state index < -0.39 is 11.9 Å². The van der Waals surface area contributed by atoms with Gasteiger partial charge in [0.1, 0.15) is 6.10 Å². The summed E-state index contributed by atoms with van der Waals surface area (Å²) in [5, 5.41) is 9.84. The van der Waals surface area contributed by atoms with Gasteiger partial charge < -0.3 is 10.8 Å². The number of Topliss-reactive ketones (excluding diaryl/α,β-unsaturated/α-hetero) is 1. The lowest BCUT2D eigenvalue weighted by atomic mass is 10.1. The average Bonchev–Trinajstić information content (AvgIpc) is 2.20. The van der Waals surface area contributed by atoms with Crippen LogP contribution in [-0.2, 0) is 0 Å². The molecule has 0 spiro atoms. The maximum atomic E-state index is 11.4. The number of nitrogens with two attached hydrogens (primary N) is 1. The molecule has 0 saturated heterocycles. The molecular formula is C9H9Cl2NO2. The van der Waals surface area contributed by atoms with Crippen molar-refractivity contribution in [2.75, 3.05) is 6.54 Å². The number of hydrogen-bond acceptors (Lipinski definition) is 3. The summed E-state index contributed by atoms with van der Waals surface area (Å²) >= 11 is 11.4. The second kappa shape index (κ2) is 4.75. The van der Waals surface area contributed by atoms with Crippen molar-refractivity contribution >= 4 is 29.0 Å². The number of hydrogen-bond donors (Lipinski definition) is 2. The molecule has 1 atom stereocenters. The second-order valence-corrected chi connectivity index (χ2v) is 3.56. The summed E-state index contributed by atoms with van der Waals surface area (Å²) in [7, 11) is 0. The van der Waals surface area contributed by atoms with Crippen molar-refractivity contribution < 1.29 is 9.90 Å². The summed E-state index contributed by atoms with van der Waals surface area (Å²) in [4.78, 5) is 11.4. The van der Waals surface area contributed by atoms with Crippen LogP contribution in [0.1, 0.15) is 10.4 Å². The Bertz CT molecular complexity index is 355. The minimum absolute atomic E-state index is 0.112. The monoisotopic (exact) mass is 233 g/mol. The quantitative estimate of drug-likeness (QED) is 0.779. The first-order valence-corrected chi connectivity index (χ1v) is 4.69. The van der Waals surface area contributed by atoms with Gasteiger partial charge in [0.25, 0.3) is 0 Å². The van der Waals surface area contributed by atoms with Crippen molar-refractivity contribution in [1.29, 1.82) is 0 Å². The minimum Gasteiger partial charge on any atom is -0.384 e. The fourth-order valence-electron chi connectivity index (χ4n) is 0.949. The van der Waals surface area contributed by atoms with E-state index in [0.717, 1.165) is 0 Å². The van der Waals surface area contributed by atoms with E-state index >= 15 is 0 Å². The fourth-order valence-corrected chi connectivity index (χ4v) is 1.25. The van der Waals surface area contributed by atoms with E-state index in [-0.39, 0.29) is 11.6 Å². The average molecular weight is 234 g/mol. The largest absolute Gasteiger partial charge is 0.384 e. The molecule has 1 unspecified atom stereocenters. The van der Waals surface area contributed by atoms with Gasteiger partial charge in [-0.15, -0.1) is 0 Å². The molecule has 76 valence electrons. The first-order valence-electron chi connectivity index (χ1n) is 3.93. The lowest BCUT2D eigenvalue weighted by molar-refractivity contribution is 0.0763. The number of carbonyl (C=O) groups excluding carboxylic acids is 1. The Morgan fingerprint density at radius 1 is 1.43 bits per heavy atom. The zero-order valence-corrected chi connectivity index (χ0v) is 8.72. The molecule has 1 rings (SSSR count). The Balaban J connectivity index is 2.97. The van der Waals surface area contributed by atoms with E-state index in [4.69, 9.17) is 28.9 Å². The van der Waals surface area contributed by atoms with E-state index in [0.29, 0.717) is 10.6 Å². The molecule has 0 bridgehead atoms. The number of ketones is 1. The van der Waals surface area contributed by atoms with Crippen molar-refractivity contribution in [3.05, 3.63) is 33.8 Å². The van der Waals surface area contributed by atoms with Crippen molar-refractivity contribution in [2.24, 2.45) is 5.73 Å². The van der Waals surface area contributed by atoms with Gasteiger partial charge in [0.2, 0.25) is 0 Å². The van der Waals surface area contributed by atoms with Crippen molar-refractivity contribution in [3.63, 3.8) is 0 Å². The van der Waals surface area contributed by atoms with Gasteiger partial charge in [-0.2, -0.15) is 0 Å². The van der Waals surface area contributed by atoms with E-state index in [1.165, 1.54) is 18.2 Å². The summed E-state index contributed by atoms with van der Waals surface area (Å²) < 4.78 is 0. The highest BCUT2D eigenvalue weighted by molar-refractivity contribution is 6.42.